The van der Waals surface area contributed by atoms with Crippen LogP contribution in [-0.2, 0) is 29.0 Å². The van der Waals surface area contributed by atoms with E-state index in [-0.39, 0.29) is 11.8 Å². The molecule has 0 N–H and O–H groups in total. The highest BCUT2D eigenvalue weighted by Crippen LogP contribution is 2.32. The fraction of sp³-hybridized carbons (Fsp3) is 0.526. The predicted octanol–water partition coefficient (Wildman–Crippen LogP) is 2.00. The second-order valence-electron chi connectivity index (χ2n) is 7.13. The molecule has 4 rings (SSSR count). The minimum Gasteiger partial charge on any atom is -0.384 e. The number of hydrogen-bond acceptors (Lipinski definition) is 4. The van der Waals surface area contributed by atoms with E-state index in [0.717, 1.165) is 29.4 Å². The highest BCUT2D eigenvalue weighted by atomic mass is 16.5. The fourth-order valence-electron chi connectivity index (χ4n) is 3.52. The van der Waals surface area contributed by atoms with E-state index in [0.29, 0.717) is 26.1 Å². The maximum Gasteiger partial charge on any atom is 0.228 e. The van der Waals surface area contributed by atoms with Gasteiger partial charge in [-0.15, -0.1) is 0 Å². The molecule has 0 spiro atoms. The second-order valence-corrected chi connectivity index (χ2v) is 7.13. The Bertz CT molecular complexity index is 739. The normalized spacial score (nSPS) is 19.7. The van der Waals surface area contributed by atoms with Crippen molar-refractivity contribution in [2.75, 3.05) is 20.3 Å². The molecule has 2 aliphatic rings. The molecule has 0 aromatic carbocycles. The summed E-state index contributed by atoms with van der Waals surface area (Å²) >= 11 is 0. The Morgan fingerprint density at radius 1 is 1.36 bits per heavy atom. The Balaban J connectivity index is 1.50. The molecular weight excluding hydrogens is 316 g/mol. The second kappa shape index (κ2) is 6.96. The molecule has 1 saturated carbocycles. The van der Waals surface area contributed by atoms with Crippen LogP contribution in [0.1, 0.15) is 35.7 Å². The summed E-state index contributed by atoms with van der Waals surface area (Å²) in [6.07, 6.45) is 6.80. The van der Waals surface area contributed by atoms with Crippen LogP contribution in [0.4, 0.5) is 0 Å². The lowest BCUT2D eigenvalue weighted by Gasteiger charge is -2.31. The summed E-state index contributed by atoms with van der Waals surface area (Å²) in [5, 5.41) is 4.80. The first kappa shape index (κ1) is 16.3. The monoisotopic (exact) mass is 340 g/mol. The first-order chi connectivity index (χ1) is 12.2. The number of ether oxygens (including phenoxy) is 1. The molecule has 0 bridgehead atoms. The van der Waals surface area contributed by atoms with Gasteiger partial charge in [0.05, 0.1) is 18.7 Å². The van der Waals surface area contributed by atoms with E-state index in [9.17, 15) is 4.79 Å². The Morgan fingerprint density at radius 3 is 2.96 bits per heavy atom. The van der Waals surface area contributed by atoms with Gasteiger partial charge in [0.1, 0.15) is 0 Å². The SMILES string of the molecule is COCC1CN(C(=O)Cc2ccccn2)Cc2cn(CC3CC3)nc21. The van der Waals surface area contributed by atoms with E-state index >= 15 is 0 Å². The topological polar surface area (TPSA) is 60.2 Å². The molecule has 1 aliphatic carbocycles. The van der Waals surface area contributed by atoms with Crippen LogP contribution < -0.4 is 0 Å². The molecule has 0 saturated heterocycles. The number of hydrogen-bond donors (Lipinski definition) is 0. The molecule has 6 nitrogen and oxygen atoms in total. The summed E-state index contributed by atoms with van der Waals surface area (Å²) in [6.45, 7) is 2.87. The summed E-state index contributed by atoms with van der Waals surface area (Å²) in [5.41, 5.74) is 3.07. The van der Waals surface area contributed by atoms with E-state index in [1.807, 2.05) is 23.1 Å². The van der Waals surface area contributed by atoms with E-state index < -0.39 is 0 Å². The number of fused-ring (bicyclic) bond motifs is 1. The molecule has 2 aromatic heterocycles. The van der Waals surface area contributed by atoms with Gasteiger partial charge in [-0.3, -0.25) is 14.5 Å². The fourth-order valence-corrected chi connectivity index (χ4v) is 3.52. The molecule has 25 heavy (non-hydrogen) atoms. The predicted molar refractivity (Wildman–Crippen MR) is 92.9 cm³/mol. The lowest BCUT2D eigenvalue weighted by atomic mass is 9.97. The first-order valence-corrected chi connectivity index (χ1v) is 8.95. The highest BCUT2D eigenvalue weighted by molar-refractivity contribution is 5.78. The van der Waals surface area contributed by atoms with Crippen molar-refractivity contribution in [2.45, 2.75) is 38.3 Å². The van der Waals surface area contributed by atoms with Crippen LogP contribution in [0.3, 0.4) is 0 Å². The third-order valence-corrected chi connectivity index (χ3v) is 4.98. The van der Waals surface area contributed by atoms with Crippen LogP contribution in [0.5, 0.6) is 0 Å². The number of methoxy groups -OCH3 is 1. The summed E-state index contributed by atoms with van der Waals surface area (Å²) in [5.74, 6) is 1.03. The molecule has 1 unspecified atom stereocenters. The van der Waals surface area contributed by atoms with Crippen LogP contribution >= 0.6 is 0 Å². The van der Waals surface area contributed by atoms with Gasteiger partial charge in [-0.25, -0.2) is 0 Å². The number of amides is 1. The van der Waals surface area contributed by atoms with Crippen molar-refractivity contribution < 1.29 is 9.53 Å². The minimum absolute atomic E-state index is 0.111. The number of rotatable bonds is 6. The van der Waals surface area contributed by atoms with Crippen LogP contribution in [0.2, 0.25) is 0 Å². The molecule has 1 amide bonds. The summed E-state index contributed by atoms with van der Waals surface area (Å²) in [7, 11) is 1.70. The van der Waals surface area contributed by atoms with Crippen molar-refractivity contribution in [3.63, 3.8) is 0 Å². The maximum atomic E-state index is 12.7. The van der Waals surface area contributed by atoms with E-state index in [1.54, 1.807) is 13.3 Å². The van der Waals surface area contributed by atoms with Crippen molar-refractivity contribution >= 4 is 5.91 Å². The van der Waals surface area contributed by atoms with Gasteiger partial charge in [0.2, 0.25) is 5.91 Å². The molecule has 6 heteroatoms. The highest BCUT2D eigenvalue weighted by Gasteiger charge is 2.32. The largest absolute Gasteiger partial charge is 0.384 e. The van der Waals surface area contributed by atoms with Crippen LogP contribution in [0, 0.1) is 5.92 Å². The quantitative estimate of drug-likeness (QED) is 0.807. The molecular formula is C19H24N4O2. The average molecular weight is 340 g/mol. The third-order valence-electron chi connectivity index (χ3n) is 4.98. The van der Waals surface area contributed by atoms with Gasteiger partial charge in [-0.1, -0.05) is 6.07 Å². The number of carbonyl (C=O) groups excluding carboxylic acids is 1. The molecule has 3 heterocycles. The maximum absolute atomic E-state index is 12.7. The van der Waals surface area contributed by atoms with Gasteiger partial charge in [-0.05, 0) is 30.9 Å². The smallest absolute Gasteiger partial charge is 0.228 e. The first-order valence-electron chi connectivity index (χ1n) is 8.95. The van der Waals surface area contributed by atoms with Crippen LogP contribution in [-0.4, -0.2) is 45.8 Å². The zero-order valence-corrected chi connectivity index (χ0v) is 14.6. The van der Waals surface area contributed by atoms with Gasteiger partial charge in [0, 0.05) is 56.3 Å². The Hall–Kier alpha value is -2.21. The minimum atomic E-state index is 0.111. The molecule has 132 valence electrons. The van der Waals surface area contributed by atoms with Gasteiger partial charge in [0.15, 0.2) is 0 Å². The molecule has 1 aliphatic heterocycles. The zero-order valence-electron chi connectivity index (χ0n) is 14.6. The molecule has 1 atom stereocenters. The summed E-state index contributed by atoms with van der Waals surface area (Å²) in [4.78, 5) is 18.9. The summed E-state index contributed by atoms with van der Waals surface area (Å²) < 4.78 is 7.45. The zero-order chi connectivity index (χ0) is 17.2. The molecule has 1 fully saturated rings. The van der Waals surface area contributed by atoms with Gasteiger partial charge >= 0.3 is 0 Å². The Labute approximate surface area is 147 Å². The number of carbonyl (C=O) groups is 1. The number of nitrogens with zero attached hydrogens (tertiary/aromatic N) is 4. The van der Waals surface area contributed by atoms with Crippen LogP contribution in [0.25, 0.3) is 0 Å². The average Bonchev–Trinajstić information content (AvgIpc) is 3.32. The van der Waals surface area contributed by atoms with Gasteiger partial charge in [-0.2, -0.15) is 5.10 Å². The summed E-state index contributed by atoms with van der Waals surface area (Å²) in [6, 6.07) is 5.68. The van der Waals surface area contributed by atoms with Crippen molar-refractivity contribution in [3.8, 4) is 0 Å². The molecule has 0 radical (unpaired) electrons. The van der Waals surface area contributed by atoms with Crippen molar-refractivity contribution in [1.29, 1.82) is 0 Å². The van der Waals surface area contributed by atoms with Gasteiger partial charge < -0.3 is 9.64 Å². The Kier molecular flexibility index (Phi) is 4.53. The molecule has 2 aromatic rings. The van der Waals surface area contributed by atoms with E-state index in [1.165, 1.54) is 12.8 Å². The van der Waals surface area contributed by atoms with Crippen molar-refractivity contribution in [3.05, 3.63) is 47.5 Å². The van der Waals surface area contributed by atoms with E-state index in [4.69, 9.17) is 9.84 Å². The van der Waals surface area contributed by atoms with Crippen molar-refractivity contribution in [1.82, 2.24) is 19.7 Å². The number of pyridine rings is 1. The third kappa shape index (κ3) is 3.74. The van der Waals surface area contributed by atoms with Crippen LogP contribution in [0.15, 0.2) is 30.6 Å². The lowest BCUT2D eigenvalue weighted by molar-refractivity contribution is -0.132. The van der Waals surface area contributed by atoms with E-state index in [2.05, 4.69) is 15.9 Å². The Morgan fingerprint density at radius 2 is 2.24 bits per heavy atom. The standard InChI is InChI=1S/C19H24N4O2/c1-25-13-16-11-22(18(24)8-17-4-2-3-7-20-17)10-15-12-23(21-19(15)16)9-14-5-6-14/h2-4,7,12,14,16H,5-6,8-11,13H2,1H3. The van der Waals surface area contributed by atoms with Crippen molar-refractivity contribution in [2.24, 2.45) is 5.92 Å². The number of aromatic nitrogens is 3. The van der Waals surface area contributed by atoms with Gasteiger partial charge in [0.25, 0.3) is 0 Å². The lowest BCUT2D eigenvalue weighted by Crippen LogP contribution is -2.40.